The Hall–Kier alpha value is -3.98. The average molecular weight is 477 g/mol. The number of carbonyl (C=O) groups is 1. The van der Waals surface area contributed by atoms with Gasteiger partial charge in [0.25, 0.3) is 0 Å². The van der Waals surface area contributed by atoms with Crippen LogP contribution in [0.1, 0.15) is 28.9 Å². The topological polar surface area (TPSA) is 96.7 Å². The summed E-state index contributed by atoms with van der Waals surface area (Å²) in [5.74, 6) is -0.939. The molecule has 0 radical (unpaired) electrons. The summed E-state index contributed by atoms with van der Waals surface area (Å²) < 4.78 is 22.2. The monoisotopic (exact) mass is 476 g/mol. The highest BCUT2D eigenvalue weighted by atomic mass is 19.1. The largest absolute Gasteiger partial charge is 0.497 e. The fraction of sp³-hybridized carbons (Fsp3) is 0.269. The van der Waals surface area contributed by atoms with E-state index in [2.05, 4.69) is 10.3 Å². The molecular weight excluding hydrogens is 451 g/mol. The number of carboxylic acids is 1. The minimum atomic E-state index is -1.30. The van der Waals surface area contributed by atoms with Crippen LogP contribution in [-0.4, -0.2) is 47.4 Å². The second kappa shape index (κ2) is 8.99. The number of halogens is 1. The number of carboxylic acid groups (broad SMARTS) is 1. The van der Waals surface area contributed by atoms with Crippen LogP contribution in [0.4, 0.5) is 10.1 Å². The van der Waals surface area contributed by atoms with Crippen LogP contribution in [0.3, 0.4) is 0 Å². The van der Waals surface area contributed by atoms with Gasteiger partial charge in [-0.25, -0.2) is 14.2 Å². The summed E-state index contributed by atoms with van der Waals surface area (Å²) in [4.78, 5) is 30.9. The quantitative estimate of drug-likeness (QED) is 0.425. The molecule has 1 aliphatic heterocycles. The molecule has 2 aromatic heterocycles. The number of benzene rings is 2. The molecule has 35 heavy (non-hydrogen) atoms. The maximum absolute atomic E-state index is 15.3. The van der Waals surface area contributed by atoms with Gasteiger partial charge in [0, 0.05) is 43.8 Å². The summed E-state index contributed by atoms with van der Waals surface area (Å²) in [6.07, 6.45) is 1.31. The third-order valence-corrected chi connectivity index (χ3v) is 6.51. The lowest BCUT2D eigenvalue weighted by Crippen LogP contribution is -2.46. The Morgan fingerprint density at radius 1 is 1.26 bits per heavy atom. The van der Waals surface area contributed by atoms with Crippen LogP contribution in [0.2, 0.25) is 0 Å². The number of pyridine rings is 2. The average Bonchev–Trinajstić information content (AvgIpc) is 2.87. The number of nitrogens with zero attached hydrogens (tertiary/aromatic N) is 3. The molecule has 1 fully saturated rings. The zero-order valence-electron chi connectivity index (χ0n) is 19.4. The van der Waals surface area contributed by atoms with Gasteiger partial charge in [0.2, 0.25) is 5.43 Å². The molecule has 0 amide bonds. The Balaban J connectivity index is 1.56. The van der Waals surface area contributed by atoms with Crippen molar-refractivity contribution in [3.8, 4) is 5.75 Å². The first-order valence-electron chi connectivity index (χ1n) is 11.4. The molecule has 1 atom stereocenters. The molecule has 0 bridgehead atoms. The second-order valence-corrected chi connectivity index (χ2v) is 8.54. The summed E-state index contributed by atoms with van der Waals surface area (Å²) in [5.41, 5.74) is 1.49. The molecule has 2 aromatic carbocycles. The van der Waals surface area contributed by atoms with Crippen LogP contribution in [0.5, 0.6) is 5.75 Å². The van der Waals surface area contributed by atoms with E-state index in [1.54, 1.807) is 17.7 Å². The zero-order valence-corrected chi connectivity index (χ0v) is 19.4. The highest BCUT2D eigenvalue weighted by Crippen LogP contribution is 2.30. The summed E-state index contributed by atoms with van der Waals surface area (Å²) in [5, 5.41) is 13.5. The Morgan fingerprint density at radius 3 is 2.71 bits per heavy atom. The predicted molar refractivity (Wildman–Crippen MR) is 132 cm³/mol. The summed E-state index contributed by atoms with van der Waals surface area (Å²) in [7, 11) is 1.63. The number of hydrogen-bond acceptors (Lipinski definition) is 6. The van der Waals surface area contributed by atoms with E-state index >= 15 is 4.39 Å². The van der Waals surface area contributed by atoms with Crippen molar-refractivity contribution >= 4 is 33.6 Å². The molecule has 8 nitrogen and oxygen atoms in total. The number of aromatic nitrogens is 2. The van der Waals surface area contributed by atoms with Crippen molar-refractivity contribution in [2.24, 2.45) is 0 Å². The van der Waals surface area contributed by atoms with Crippen molar-refractivity contribution in [2.75, 3.05) is 31.6 Å². The number of methoxy groups -OCH3 is 1. The maximum Gasteiger partial charge on any atom is 0.341 e. The van der Waals surface area contributed by atoms with Crippen molar-refractivity contribution in [1.82, 2.24) is 14.9 Å². The maximum atomic E-state index is 15.3. The van der Waals surface area contributed by atoms with E-state index in [1.165, 1.54) is 18.3 Å². The van der Waals surface area contributed by atoms with Gasteiger partial charge >= 0.3 is 5.97 Å². The molecule has 1 saturated heterocycles. The number of nitrogens with one attached hydrogen (secondary N) is 1. The van der Waals surface area contributed by atoms with Crippen molar-refractivity contribution in [2.45, 2.75) is 19.5 Å². The number of fused-ring (bicyclic) bond motifs is 2. The normalized spacial score (nSPS) is 16.1. The van der Waals surface area contributed by atoms with Crippen LogP contribution in [0.15, 0.2) is 53.5 Å². The molecule has 4 aromatic rings. The van der Waals surface area contributed by atoms with Crippen molar-refractivity contribution in [1.29, 1.82) is 0 Å². The van der Waals surface area contributed by atoms with Gasteiger partial charge in [-0.05, 0) is 42.8 Å². The summed E-state index contributed by atoms with van der Waals surface area (Å²) in [6, 6.07) is 12.4. The predicted octanol–water partition coefficient (Wildman–Crippen LogP) is 3.57. The van der Waals surface area contributed by atoms with E-state index in [9.17, 15) is 14.7 Å². The summed E-state index contributed by atoms with van der Waals surface area (Å²) in [6.45, 7) is 4.17. The van der Waals surface area contributed by atoms with E-state index in [-0.39, 0.29) is 17.0 Å². The summed E-state index contributed by atoms with van der Waals surface area (Å²) >= 11 is 0. The number of anilines is 1. The van der Waals surface area contributed by atoms with Gasteiger partial charge in [0.05, 0.1) is 23.7 Å². The molecule has 1 aliphatic rings. The first-order chi connectivity index (χ1) is 16.9. The number of hydrogen-bond donors (Lipinski definition) is 2. The van der Waals surface area contributed by atoms with E-state index in [1.807, 2.05) is 36.1 Å². The van der Waals surface area contributed by atoms with Gasteiger partial charge in [0.15, 0.2) is 0 Å². The fourth-order valence-corrected chi connectivity index (χ4v) is 4.64. The molecule has 0 aliphatic carbocycles. The van der Waals surface area contributed by atoms with Crippen molar-refractivity contribution in [3.63, 3.8) is 0 Å². The van der Waals surface area contributed by atoms with Gasteiger partial charge in [-0.2, -0.15) is 0 Å². The third-order valence-electron chi connectivity index (χ3n) is 6.51. The number of rotatable bonds is 5. The lowest BCUT2D eigenvalue weighted by molar-refractivity contribution is 0.0695. The van der Waals surface area contributed by atoms with Crippen LogP contribution in [0, 0.1) is 5.82 Å². The lowest BCUT2D eigenvalue weighted by Gasteiger charge is -2.35. The Morgan fingerprint density at radius 2 is 2.03 bits per heavy atom. The highest BCUT2D eigenvalue weighted by Gasteiger charge is 2.24. The van der Waals surface area contributed by atoms with E-state index in [0.29, 0.717) is 48.4 Å². The first kappa shape index (κ1) is 22.8. The van der Waals surface area contributed by atoms with Crippen LogP contribution in [-0.2, 0) is 6.54 Å². The van der Waals surface area contributed by atoms with Gasteiger partial charge < -0.3 is 24.6 Å². The first-order valence-corrected chi connectivity index (χ1v) is 11.4. The molecule has 0 saturated carbocycles. The SMILES string of the molecule is CCn1cc(C(=O)O)c(=O)c2cc3cc(F)c(N4CCNC(c5ccc(OC)cc5)C4)cc3nc21. The van der Waals surface area contributed by atoms with E-state index < -0.39 is 17.2 Å². The zero-order chi connectivity index (χ0) is 24.7. The molecule has 3 heterocycles. The number of ether oxygens (including phenoxy) is 1. The molecule has 180 valence electrons. The van der Waals surface area contributed by atoms with Gasteiger partial charge in [-0.1, -0.05) is 12.1 Å². The van der Waals surface area contributed by atoms with Crippen molar-refractivity contribution < 1.29 is 19.0 Å². The van der Waals surface area contributed by atoms with Crippen LogP contribution < -0.4 is 20.4 Å². The minimum Gasteiger partial charge on any atom is -0.497 e. The fourth-order valence-electron chi connectivity index (χ4n) is 4.64. The molecule has 9 heteroatoms. The number of aromatic carboxylic acids is 1. The van der Waals surface area contributed by atoms with Gasteiger partial charge in [-0.15, -0.1) is 0 Å². The molecule has 0 spiro atoms. The van der Waals surface area contributed by atoms with Crippen LogP contribution >= 0.6 is 0 Å². The Bertz CT molecular complexity index is 1500. The Kier molecular flexibility index (Phi) is 5.86. The standard InChI is InChI=1S/C26H25FN4O4/c1-3-30-13-19(26(33)34)24(32)18-10-16-11-20(27)23(12-21(16)29-25(18)30)31-9-8-28-22(14-31)15-4-6-17(35-2)7-5-15/h4-7,10-13,22,28H,3,8-9,14H2,1-2H3,(H,33,34). The third kappa shape index (κ3) is 4.08. The lowest BCUT2D eigenvalue weighted by atomic mass is 10.0. The number of piperazine rings is 1. The van der Waals surface area contributed by atoms with Crippen LogP contribution in [0.25, 0.3) is 21.9 Å². The minimum absolute atomic E-state index is 0.0222. The van der Waals surface area contributed by atoms with E-state index in [0.717, 1.165) is 11.3 Å². The molecule has 2 N–H and O–H groups in total. The molecular formula is C26H25FN4O4. The smallest absolute Gasteiger partial charge is 0.341 e. The van der Waals surface area contributed by atoms with E-state index in [4.69, 9.17) is 4.74 Å². The van der Waals surface area contributed by atoms with Crippen molar-refractivity contribution in [3.05, 3.63) is 75.8 Å². The molecule has 5 rings (SSSR count). The highest BCUT2D eigenvalue weighted by molar-refractivity contribution is 5.96. The van der Waals surface area contributed by atoms with Gasteiger partial charge in [-0.3, -0.25) is 4.79 Å². The second-order valence-electron chi connectivity index (χ2n) is 8.54. The number of aryl methyl sites for hydroxylation is 1. The Labute approximate surface area is 200 Å². The van der Waals surface area contributed by atoms with Gasteiger partial charge in [0.1, 0.15) is 22.8 Å². The molecule has 1 unspecified atom stereocenters.